The summed E-state index contributed by atoms with van der Waals surface area (Å²) in [7, 11) is 0. The van der Waals surface area contributed by atoms with Crippen LogP contribution in [0.15, 0.2) is 0 Å². The number of hydrogen-bond donors (Lipinski definition) is 0. The smallest absolute Gasteiger partial charge is 0.344 e. The highest BCUT2D eigenvalue weighted by Crippen LogP contribution is 2.47. The summed E-state index contributed by atoms with van der Waals surface area (Å²) in [6.45, 7) is 13.7. The van der Waals surface area contributed by atoms with E-state index in [-0.39, 0.29) is 28.8 Å². The van der Waals surface area contributed by atoms with Crippen LogP contribution in [0, 0.1) is 22.2 Å². The molecule has 0 N–H and O–H groups in total. The van der Waals surface area contributed by atoms with Gasteiger partial charge < -0.3 is 14.2 Å². The number of esters is 3. The predicted molar refractivity (Wildman–Crippen MR) is 99.7 cm³/mol. The van der Waals surface area contributed by atoms with E-state index in [1.807, 2.05) is 27.7 Å². The van der Waals surface area contributed by atoms with Crippen LogP contribution in [0.3, 0.4) is 0 Å². The van der Waals surface area contributed by atoms with E-state index >= 15 is 0 Å². The van der Waals surface area contributed by atoms with Crippen molar-refractivity contribution in [1.29, 1.82) is 0 Å². The second-order valence-corrected chi connectivity index (χ2v) is 10.4. The van der Waals surface area contributed by atoms with Crippen LogP contribution in [0.5, 0.6) is 0 Å². The highest BCUT2D eigenvalue weighted by molar-refractivity contribution is 5.81. The van der Waals surface area contributed by atoms with E-state index in [9.17, 15) is 14.4 Å². The molecule has 1 saturated carbocycles. The standard InChI is InChI=1S/C21H34O6/c1-19(2,3)12-21(7,20(4,5)6)18(24)25-11-16(22)26-14-9-8-13-10-15(14)27-17(13)23/h13-15H,8-12H2,1-7H3. The molecule has 0 spiro atoms. The third-order valence-electron chi connectivity index (χ3n) is 5.93. The zero-order valence-electron chi connectivity index (χ0n) is 17.7. The summed E-state index contributed by atoms with van der Waals surface area (Å²) in [5.74, 6) is -1.25. The number of ether oxygens (including phenoxy) is 3. The zero-order chi connectivity index (χ0) is 20.6. The molecular weight excluding hydrogens is 348 g/mol. The Morgan fingerprint density at radius 1 is 1.07 bits per heavy atom. The van der Waals surface area contributed by atoms with Gasteiger partial charge in [0.05, 0.1) is 11.3 Å². The first-order chi connectivity index (χ1) is 12.2. The summed E-state index contributed by atoms with van der Waals surface area (Å²) in [6.07, 6.45) is 1.70. The summed E-state index contributed by atoms with van der Waals surface area (Å²) < 4.78 is 16.0. The molecule has 2 bridgehead atoms. The highest BCUT2D eigenvalue weighted by atomic mass is 16.6. The number of rotatable bonds is 5. The predicted octanol–water partition coefficient (Wildman–Crippen LogP) is 3.66. The molecule has 0 amide bonds. The molecule has 0 aromatic carbocycles. The summed E-state index contributed by atoms with van der Waals surface area (Å²) >= 11 is 0. The molecule has 0 aromatic heterocycles. The van der Waals surface area contributed by atoms with E-state index in [1.165, 1.54) is 0 Å². The molecule has 27 heavy (non-hydrogen) atoms. The molecule has 2 aliphatic rings. The molecule has 0 radical (unpaired) electrons. The number of carbonyl (C=O) groups is 3. The third-order valence-corrected chi connectivity index (χ3v) is 5.93. The lowest BCUT2D eigenvalue weighted by atomic mass is 9.61. The van der Waals surface area contributed by atoms with Crippen molar-refractivity contribution in [3.8, 4) is 0 Å². The molecule has 4 unspecified atom stereocenters. The molecule has 2 rings (SSSR count). The van der Waals surface area contributed by atoms with Gasteiger partial charge >= 0.3 is 17.9 Å². The molecular formula is C21H34O6. The fraction of sp³-hybridized carbons (Fsp3) is 0.857. The first-order valence-corrected chi connectivity index (χ1v) is 9.80. The van der Waals surface area contributed by atoms with Crippen molar-refractivity contribution in [2.75, 3.05) is 6.61 Å². The average Bonchev–Trinajstić information content (AvgIpc) is 2.80. The Labute approximate surface area is 162 Å². The van der Waals surface area contributed by atoms with Crippen molar-refractivity contribution in [1.82, 2.24) is 0 Å². The van der Waals surface area contributed by atoms with E-state index in [0.717, 1.165) is 0 Å². The molecule has 6 nitrogen and oxygen atoms in total. The van der Waals surface area contributed by atoms with Gasteiger partial charge in [0.25, 0.3) is 0 Å². The molecule has 0 aromatic rings. The van der Waals surface area contributed by atoms with Gasteiger partial charge in [-0.25, -0.2) is 4.79 Å². The maximum Gasteiger partial charge on any atom is 0.344 e. The molecule has 1 heterocycles. The largest absolute Gasteiger partial charge is 0.458 e. The Balaban J connectivity index is 1.92. The number of hydrogen-bond acceptors (Lipinski definition) is 6. The second kappa shape index (κ2) is 7.44. The molecule has 154 valence electrons. The van der Waals surface area contributed by atoms with Gasteiger partial charge in [-0.2, -0.15) is 0 Å². The van der Waals surface area contributed by atoms with Gasteiger partial charge in [0.15, 0.2) is 6.61 Å². The van der Waals surface area contributed by atoms with Gasteiger partial charge in [-0.1, -0.05) is 41.5 Å². The van der Waals surface area contributed by atoms with Gasteiger partial charge in [0.2, 0.25) is 0 Å². The minimum absolute atomic E-state index is 0.0623. The van der Waals surface area contributed by atoms with Gasteiger partial charge in [0, 0.05) is 6.42 Å². The Bertz CT molecular complexity index is 597. The highest BCUT2D eigenvalue weighted by Gasteiger charge is 2.48. The van der Waals surface area contributed by atoms with Crippen LogP contribution < -0.4 is 0 Å². The van der Waals surface area contributed by atoms with Crippen LogP contribution in [-0.4, -0.2) is 36.7 Å². The minimum atomic E-state index is -0.732. The van der Waals surface area contributed by atoms with Crippen LogP contribution in [-0.2, 0) is 28.6 Å². The fourth-order valence-electron chi connectivity index (χ4n) is 4.01. The number of fused-ring (bicyclic) bond motifs is 2. The quantitative estimate of drug-likeness (QED) is 0.533. The van der Waals surface area contributed by atoms with Gasteiger partial charge in [-0.3, -0.25) is 9.59 Å². The Kier molecular flexibility index (Phi) is 5.98. The van der Waals surface area contributed by atoms with Crippen molar-refractivity contribution in [3.05, 3.63) is 0 Å². The first kappa shape index (κ1) is 21.7. The third kappa shape index (κ3) is 5.02. The topological polar surface area (TPSA) is 78.9 Å². The van der Waals surface area contributed by atoms with Crippen LogP contribution in [0.2, 0.25) is 0 Å². The van der Waals surface area contributed by atoms with Crippen molar-refractivity contribution < 1.29 is 28.6 Å². The summed E-state index contributed by atoms with van der Waals surface area (Å²) in [4.78, 5) is 36.6. The van der Waals surface area contributed by atoms with Crippen LogP contribution in [0.25, 0.3) is 0 Å². The maximum absolute atomic E-state index is 12.9. The van der Waals surface area contributed by atoms with Crippen molar-refractivity contribution >= 4 is 17.9 Å². The van der Waals surface area contributed by atoms with Gasteiger partial charge in [0.1, 0.15) is 12.2 Å². The van der Waals surface area contributed by atoms with Crippen molar-refractivity contribution in [2.45, 2.75) is 86.4 Å². The lowest BCUT2D eigenvalue weighted by molar-refractivity contribution is -0.177. The molecule has 1 aliphatic heterocycles. The van der Waals surface area contributed by atoms with Crippen molar-refractivity contribution in [2.24, 2.45) is 22.2 Å². The van der Waals surface area contributed by atoms with E-state index in [2.05, 4.69) is 20.8 Å². The maximum atomic E-state index is 12.9. The van der Waals surface area contributed by atoms with E-state index < -0.39 is 30.1 Å². The van der Waals surface area contributed by atoms with Crippen LogP contribution >= 0.6 is 0 Å². The summed E-state index contributed by atoms with van der Waals surface area (Å²) in [5, 5.41) is 0. The molecule has 4 atom stereocenters. The zero-order valence-corrected chi connectivity index (χ0v) is 17.7. The average molecular weight is 382 g/mol. The fourth-order valence-corrected chi connectivity index (χ4v) is 4.01. The normalized spacial score (nSPS) is 27.5. The second-order valence-electron chi connectivity index (χ2n) is 10.4. The van der Waals surface area contributed by atoms with E-state index in [4.69, 9.17) is 14.2 Å². The van der Waals surface area contributed by atoms with E-state index in [1.54, 1.807) is 0 Å². The number of carbonyl (C=O) groups excluding carboxylic acids is 3. The van der Waals surface area contributed by atoms with Gasteiger partial charge in [-0.15, -0.1) is 0 Å². The SMILES string of the molecule is CC(C)(C)CC(C)(C(=O)OCC(=O)OC1CCC2CC1OC2=O)C(C)(C)C. The molecule has 2 fully saturated rings. The Hall–Kier alpha value is -1.59. The van der Waals surface area contributed by atoms with Crippen molar-refractivity contribution in [3.63, 3.8) is 0 Å². The monoisotopic (exact) mass is 382 g/mol. The first-order valence-electron chi connectivity index (χ1n) is 9.80. The van der Waals surface area contributed by atoms with Crippen LogP contribution in [0.4, 0.5) is 0 Å². The lowest BCUT2D eigenvalue weighted by Gasteiger charge is -2.43. The summed E-state index contributed by atoms with van der Waals surface area (Å²) in [6, 6.07) is 0. The summed E-state index contributed by atoms with van der Waals surface area (Å²) in [5.41, 5.74) is -1.12. The van der Waals surface area contributed by atoms with E-state index in [0.29, 0.717) is 25.7 Å². The molecule has 6 heteroatoms. The van der Waals surface area contributed by atoms with Gasteiger partial charge in [-0.05, 0) is 37.0 Å². The lowest BCUT2D eigenvalue weighted by Crippen LogP contribution is -2.45. The molecule has 1 saturated heterocycles. The minimum Gasteiger partial charge on any atom is -0.458 e. The Morgan fingerprint density at radius 3 is 2.26 bits per heavy atom. The molecule has 1 aliphatic carbocycles. The van der Waals surface area contributed by atoms with Crippen LogP contribution in [0.1, 0.15) is 74.1 Å². The Morgan fingerprint density at radius 2 is 1.70 bits per heavy atom.